The van der Waals surface area contributed by atoms with Gasteiger partial charge in [0, 0.05) is 37.0 Å². The van der Waals surface area contributed by atoms with Crippen molar-refractivity contribution in [2.75, 3.05) is 6.54 Å². The van der Waals surface area contributed by atoms with Crippen LogP contribution in [0.2, 0.25) is 0 Å². The van der Waals surface area contributed by atoms with Gasteiger partial charge in [-0.3, -0.25) is 9.78 Å². The SMILES string of the molecule is Cc1noc(C)c1CCC(=O)NCc1c(C)ncc2c1CCNC2. The lowest BCUT2D eigenvalue weighted by Gasteiger charge is -2.21. The smallest absolute Gasteiger partial charge is 0.220 e. The van der Waals surface area contributed by atoms with Gasteiger partial charge in [0.1, 0.15) is 5.76 Å². The predicted octanol–water partition coefficient (Wildman–Crippen LogP) is 1.89. The van der Waals surface area contributed by atoms with Gasteiger partial charge in [0.05, 0.1) is 5.69 Å². The average Bonchev–Trinajstić information content (AvgIpc) is 2.90. The van der Waals surface area contributed by atoms with Gasteiger partial charge < -0.3 is 15.2 Å². The normalized spacial score (nSPS) is 13.6. The van der Waals surface area contributed by atoms with E-state index in [0.29, 0.717) is 19.4 Å². The van der Waals surface area contributed by atoms with Gasteiger partial charge in [0.15, 0.2) is 0 Å². The van der Waals surface area contributed by atoms with E-state index in [9.17, 15) is 4.79 Å². The lowest BCUT2D eigenvalue weighted by atomic mass is 9.96. The predicted molar refractivity (Wildman–Crippen MR) is 90.5 cm³/mol. The van der Waals surface area contributed by atoms with Crippen LogP contribution in [-0.2, 0) is 30.7 Å². The summed E-state index contributed by atoms with van der Waals surface area (Å²) in [6.07, 6.45) is 4.02. The Labute approximate surface area is 142 Å². The third-order valence-corrected chi connectivity index (χ3v) is 4.72. The second kappa shape index (κ2) is 7.13. The summed E-state index contributed by atoms with van der Waals surface area (Å²) in [5.74, 6) is 0.839. The van der Waals surface area contributed by atoms with Crippen molar-refractivity contribution in [1.29, 1.82) is 0 Å². The highest BCUT2D eigenvalue weighted by Gasteiger charge is 2.16. The molecular formula is C18H24N4O2. The van der Waals surface area contributed by atoms with Crippen molar-refractivity contribution >= 4 is 5.91 Å². The van der Waals surface area contributed by atoms with Gasteiger partial charge in [0.25, 0.3) is 0 Å². The Morgan fingerprint density at radius 1 is 1.29 bits per heavy atom. The van der Waals surface area contributed by atoms with Gasteiger partial charge >= 0.3 is 0 Å². The molecule has 0 aromatic carbocycles. The molecule has 0 bridgehead atoms. The fraction of sp³-hybridized carbons (Fsp3) is 0.500. The number of hydrogen-bond acceptors (Lipinski definition) is 5. The molecule has 3 rings (SSSR count). The van der Waals surface area contributed by atoms with E-state index in [4.69, 9.17) is 4.52 Å². The maximum absolute atomic E-state index is 12.2. The summed E-state index contributed by atoms with van der Waals surface area (Å²) in [6, 6.07) is 0. The average molecular weight is 328 g/mol. The number of hydrogen-bond donors (Lipinski definition) is 2. The third-order valence-electron chi connectivity index (χ3n) is 4.72. The van der Waals surface area contributed by atoms with Crippen molar-refractivity contribution < 1.29 is 9.32 Å². The molecule has 0 unspecified atom stereocenters. The largest absolute Gasteiger partial charge is 0.361 e. The number of rotatable bonds is 5. The number of carbonyl (C=O) groups is 1. The van der Waals surface area contributed by atoms with Crippen LogP contribution < -0.4 is 10.6 Å². The number of nitrogens with one attached hydrogen (secondary N) is 2. The number of aryl methyl sites for hydroxylation is 3. The van der Waals surface area contributed by atoms with Crippen LogP contribution in [0.15, 0.2) is 10.7 Å². The zero-order valence-corrected chi connectivity index (χ0v) is 14.5. The minimum atomic E-state index is 0.0425. The minimum Gasteiger partial charge on any atom is -0.361 e. The molecule has 128 valence electrons. The zero-order chi connectivity index (χ0) is 17.1. The van der Waals surface area contributed by atoms with Crippen LogP contribution in [0, 0.1) is 20.8 Å². The highest BCUT2D eigenvalue weighted by molar-refractivity contribution is 5.76. The summed E-state index contributed by atoms with van der Waals surface area (Å²) in [4.78, 5) is 16.7. The molecule has 2 aromatic heterocycles. The van der Waals surface area contributed by atoms with Crippen molar-refractivity contribution in [3.63, 3.8) is 0 Å². The molecule has 0 radical (unpaired) electrons. The lowest BCUT2D eigenvalue weighted by molar-refractivity contribution is -0.121. The van der Waals surface area contributed by atoms with E-state index < -0.39 is 0 Å². The topological polar surface area (TPSA) is 80.1 Å². The van der Waals surface area contributed by atoms with Gasteiger partial charge in [0.2, 0.25) is 5.91 Å². The Bertz CT molecular complexity index is 732. The minimum absolute atomic E-state index is 0.0425. The van der Waals surface area contributed by atoms with E-state index in [1.54, 1.807) is 0 Å². The van der Waals surface area contributed by atoms with Crippen LogP contribution in [0.1, 0.15) is 45.8 Å². The summed E-state index contributed by atoms with van der Waals surface area (Å²) >= 11 is 0. The molecule has 0 aliphatic carbocycles. The van der Waals surface area contributed by atoms with E-state index in [-0.39, 0.29) is 5.91 Å². The lowest BCUT2D eigenvalue weighted by Crippen LogP contribution is -2.29. The Morgan fingerprint density at radius 2 is 2.12 bits per heavy atom. The molecule has 0 spiro atoms. The molecule has 0 saturated heterocycles. The molecule has 2 aromatic rings. The van der Waals surface area contributed by atoms with E-state index in [2.05, 4.69) is 20.8 Å². The second-order valence-electron chi connectivity index (χ2n) is 6.33. The first kappa shape index (κ1) is 16.6. The van der Waals surface area contributed by atoms with Gasteiger partial charge in [-0.05, 0) is 56.8 Å². The first-order valence-electron chi connectivity index (χ1n) is 8.41. The Morgan fingerprint density at radius 3 is 2.88 bits per heavy atom. The number of fused-ring (bicyclic) bond motifs is 1. The zero-order valence-electron chi connectivity index (χ0n) is 14.5. The summed E-state index contributed by atoms with van der Waals surface area (Å²) in [5.41, 5.74) is 6.65. The quantitative estimate of drug-likeness (QED) is 0.876. The molecule has 3 heterocycles. The summed E-state index contributed by atoms with van der Waals surface area (Å²) in [5, 5.41) is 10.3. The van der Waals surface area contributed by atoms with Gasteiger partial charge in [-0.15, -0.1) is 0 Å². The highest BCUT2D eigenvalue weighted by Crippen LogP contribution is 2.20. The maximum atomic E-state index is 12.2. The van der Waals surface area contributed by atoms with E-state index in [1.165, 1.54) is 16.7 Å². The molecule has 24 heavy (non-hydrogen) atoms. The van der Waals surface area contributed by atoms with Gasteiger partial charge in [-0.25, -0.2) is 0 Å². The third kappa shape index (κ3) is 3.48. The molecule has 2 N–H and O–H groups in total. The first-order valence-corrected chi connectivity index (χ1v) is 8.41. The maximum Gasteiger partial charge on any atom is 0.220 e. The molecule has 0 fully saturated rings. The molecule has 0 atom stereocenters. The van der Waals surface area contributed by atoms with Crippen LogP contribution >= 0.6 is 0 Å². The van der Waals surface area contributed by atoms with Crippen LogP contribution in [0.4, 0.5) is 0 Å². The summed E-state index contributed by atoms with van der Waals surface area (Å²) < 4.78 is 5.14. The van der Waals surface area contributed by atoms with Crippen LogP contribution in [0.3, 0.4) is 0 Å². The number of nitrogens with zero attached hydrogens (tertiary/aromatic N) is 2. The summed E-state index contributed by atoms with van der Waals surface area (Å²) in [7, 11) is 0. The van der Waals surface area contributed by atoms with Gasteiger partial charge in [-0.2, -0.15) is 0 Å². The fourth-order valence-corrected chi connectivity index (χ4v) is 3.25. The number of carbonyl (C=O) groups excluding carboxylic acids is 1. The molecule has 1 aliphatic rings. The molecule has 0 saturated carbocycles. The van der Waals surface area contributed by atoms with Crippen molar-refractivity contribution in [2.45, 2.75) is 53.1 Å². The van der Waals surface area contributed by atoms with Crippen LogP contribution in [0.5, 0.6) is 0 Å². The Kier molecular flexibility index (Phi) is 4.94. The van der Waals surface area contributed by atoms with E-state index in [1.807, 2.05) is 27.0 Å². The van der Waals surface area contributed by atoms with Gasteiger partial charge in [-0.1, -0.05) is 5.16 Å². The van der Waals surface area contributed by atoms with Crippen molar-refractivity contribution in [3.05, 3.63) is 45.6 Å². The molecule has 1 amide bonds. The van der Waals surface area contributed by atoms with Crippen LogP contribution in [0.25, 0.3) is 0 Å². The molecule has 1 aliphatic heterocycles. The fourth-order valence-electron chi connectivity index (χ4n) is 3.25. The highest BCUT2D eigenvalue weighted by atomic mass is 16.5. The van der Waals surface area contributed by atoms with E-state index in [0.717, 1.165) is 42.2 Å². The molecular weight excluding hydrogens is 304 g/mol. The number of amides is 1. The standard InChI is InChI=1S/C18H24N4O2/c1-11-17(16-6-7-19-8-14(16)9-20-11)10-21-18(23)5-4-15-12(2)22-24-13(15)3/h9,19H,4-8,10H2,1-3H3,(H,21,23). The summed E-state index contributed by atoms with van der Waals surface area (Å²) in [6.45, 7) is 8.17. The molecule has 6 nitrogen and oxygen atoms in total. The number of aromatic nitrogens is 2. The Balaban J connectivity index is 1.61. The van der Waals surface area contributed by atoms with Crippen molar-refractivity contribution in [3.8, 4) is 0 Å². The van der Waals surface area contributed by atoms with E-state index >= 15 is 0 Å². The van der Waals surface area contributed by atoms with Crippen LogP contribution in [-0.4, -0.2) is 22.6 Å². The number of pyridine rings is 1. The molecule has 6 heteroatoms. The van der Waals surface area contributed by atoms with Crippen molar-refractivity contribution in [2.24, 2.45) is 0 Å². The monoisotopic (exact) mass is 328 g/mol. The second-order valence-corrected chi connectivity index (χ2v) is 6.33. The Hall–Kier alpha value is -2.21. The van der Waals surface area contributed by atoms with Crippen molar-refractivity contribution in [1.82, 2.24) is 20.8 Å². The first-order chi connectivity index (χ1) is 11.6.